The van der Waals surface area contributed by atoms with E-state index in [2.05, 4.69) is 15.5 Å². The van der Waals surface area contributed by atoms with Crippen LogP contribution in [0, 0.1) is 13.8 Å². The van der Waals surface area contributed by atoms with Crippen LogP contribution in [0.5, 0.6) is 0 Å². The molecule has 0 saturated heterocycles. The molecule has 0 atom stereocenters. The first-order valence-electron chi connectivity index (χ1n) is 5.70. The number of amides is 1. The lowest BCUT2D eigenvalue weighted by atomic mass is 10.1. The number of hydrogen-bond donors (Lipinski definition) is 3. The van der Waals surface area contributed by atoms with Crippen LogP contribution in [0.3, 0.4) is 0 Å². The Balaban J connectivity index is 2.06. The predicted octanol–water partition coefficient (Wildman–Crippen LogP) is 1.54. The van der Waals surface area contributed by atoms with Crippen LogP contribution in [0.25, 0.3) is 0 Å². The number of nitrogens with two attached hydrogens (primary N) is 1. The molecule has 0 aliphatic rings. The maximum atomic E-state index is 12.0. The van der Waals surface area contributed by atoms with Crippen molar-refractivity contribution in [2.45, 2.75) is 20.4 Å². The van der Waals surface area contributed by atoms with E-state index >= 15 is 0 Å². The van der Waals surface area contributed by atoms with Gasteiger partial charge in [-0.3, -0.25) is 9.89 Å². The number of anilines is 1. The van der Waals surface area contributed by atoms with Crippen LogP contribution in [-0.2, 0) is 6.54 Å². The minimum atomic E-state index is -0.109. The van der Waals surface area contributed by atoms with Gasteiger partial charge in [0, 0.05) is 17.7 Å². The van der Waals surface area contributed by atoms with E-state index < -0.39 is 0 Å². The Kier molecular flexibility index (Phi) is 3.32. The minimum absolute atomic E-state index is 0.109. The summed E-state index contributed by atoms with van der Waals surface area (Å²) < 4.78 is 0. The fraction of sp³-hybridized carbons (Fsp3) is 0.231. The molecule has 0 radical (unpaired) electrons. The molecular weight excluding hydrogens is 228 g/mol. The molecular formula is C13H16N4O. The third-order valence-electron chi connectivity index (χ3n) is 2.67. The number of nitrogens with one attached hydrogen (secondary N) is 2. The van der Waals surface area contributed by atoms with Crippen molar-refractivity contribution in [2.24, 2.45) is 0 Å². The molecule has 4 N–H and O–H groups in total. The maximum absolute atomic E-state index is 12.0. The van der Waals surface area contributed by atoms with Crippen molar-refractivity contribution in [3.05, 3.63) is 46.6 Å². The Morgan fingerprint density at radius 1 is 1.33 bits per heavy atom. The van der Waals surface area contributed by atoms with E-state index in [1.165, 1.54) is 0 Å². The molecule has 5 nitrogen and oxygen atoms in total. The second-order valence-corrected chi connectivity index (χ2v) is 4.37. The number of rotatable bonds is 3. The van der Waals surface area contributed by atoms with E-state index in [0.29, 0.717) is 17.9 Å². The Morgan fingerprint density at radius 3 is 2.56 bits per heavy atom. The third-order valence-corrected chi connectivity index (χ3v) is 2.67. The summed E-state index contributed by atoms with van der Waals surface area (Å²) in [5, 5.41) is 9.24. The standard InChI is InChI=1S/C13H16N4O/c1-8-3-9(2)5-10(4-8)13(18)15-6-11-7-16-17-12(11)14/h3-5,7H,6H2,1-2H3,(H,15,18)(H3,14,16,17). The highest BCUT2D eigenvalue weighted by Crippen LogP contribution is 2.10. The van der Waals surface area contributed by atoms with E-state index in [-0.39, 0.29) is 5.91 Å². The Morgan fingerprint density at radius 2 is 2.00 bits per heavy atom. The zero-order valence-electron chi connectivity index (χ0n) is 10.4. The van der Waals surface area contributed by atoms with Crippen molar-refractivity contribution >= 4 is 11.7 Å². The highest BCUT2D eigenvalue weighted by Gasteiger charge is 2.08. The number of hydrogen-bond acceptors (Lipinski definition) is 3. The molecule has 2 rings (SSSR count). The fourth-order valence-electron chi connectivity index (χ4n) is 1.85. The Labute approximate surface area is 105 Å². The van der Waals surface area contributed by atoms with Gasteiger partial charge in [-0.2, -0.15) is 5.10 Å². The second-order valence-electron chi connectivity index (χ2n) is 4.37. The molecule has 1 aromatic carbocycles. The summed E-state index contributed by atoms with van der Waals surface area (Å²) in [7, 11) is 0. The van der Waals surface area contributed by atoms with Gasteiger partial charge in [0.2, 0.25) is 0 Å². The summed E-state index contributed by atoms with van der Waals surface area (Å²) in [6, 6.07) is 5.76. The Hall–Kier alpha value is -2.30. The van der Waals surface area contributed by atoms with E-state index in [4.69, 9.17) is 5.73 Å². The van der Waals surface area contributed by atoms with Gasteiger partial charge in [0.1, 0.15) is 5.82 Å². The lowest BCUT2D eigenvalue weighted by Crippen LogP contribution is -2.23. The van der Waals surface area contributed by atoms with E-state index in [1.54, 1.807) is 6.20 Å². The molecule has 0 unspecified atom stereocenters. The lowest BCUT2D eigenvalue weighted by molar-refractivity contribution is 0.0951. The molecule has 2 aromatic rings. The van der Waals surface area contributed by atoms with Gasteiger partial charge >= 0.3 is 0 Å². The highest BCUT2D eigenvalue weighted by molar-refractivity contribution is 5.94. The molecule has 94 valence electrons. The quantitative estimate of drug-likeness (QED) is 0.765. The first-order valence-corrected chi connectivity index (χ1v) is 5.70. The monoisotopic (exact) mass is 244 g/mol. The number of carbonyl (C=O) groups is 1. The number of nitrogens with zero attached hydrogens (tertiary/aromatic N) is 1. The molecule has 0 saturated carbocycles. The maximum Gasteiger partial charge on any atom is 0.251 e. The van der Waals surface area contributed by atoms with Gasteiger partial charge in [-0.25, -0.2) is 0 Å². The number of aromatic amines is 1. The van der Waals surface area contributed by atoms with E-state index in [9.17, 15) is 4.79 Å². The number of carbonyl (C=O) groups excluding carboxylic acids is 1. The number of nitrogen functional groups attached to an aromatic ring is 1. The van der Waals surface area contributed by atoms with Crippen molar-refractivity contribution in [3.8, 4) is 0 Å². The van der Waals surface area contributed by atoms with Crippen LogP contribution in [0.2, 0.25) is 0 Å². The average Bonchev–Trinajstić information content (AvgIpc) is 2.70. The first-order chi connectivity index (χ1) is 8.56. The van der Waals surface area contributed by atoms with Crippen LogP contribution in [0.15, 0.2) is 24.4 Å². The molecule has 0 spiro atoms. The van der Waals surface area contributed by atoms with Gasteiger partial charge < -0.3 is 11.1 Å². The van der Waals surface area contributed by atoms with Gasteiger partial charge in [-0.05, 0) is 26.0 Å². The van der Waals surface area contributed by atoms with Crippen LogP contribution in [-0.4, -0.2) is 16.1 Å². The smallest absolute Gasteiger partial charge is 0.251 e. The molecule has 0 fully saturated rings. The molecule has 0 bridgehead atoms. The summed E-state index contributed by atoms with van der Waals surface area (Å²) in [6.07, 6.45) is 1.61. The normalized spacial score (nSPS) is 10.3. The summed E-state index contributed by atoms with van der Waals surface area (Å²) in [4.78, 5) is 12.0. The zero-order valence-corrected chi connectivity index (χ0v) is 10.4. The fourth-order valence-corrected chi connectivity index (χ4v) is 1.85. The molecule has 5 heteroatoms. The van der Waals surface area contributed by atoms with Crippen molar-refractivity contribution < 1.29 is 4.79 Å². The molecule has 1 heterocycles. The SMILES string of the molecule is Cc1cc(C)cc(C(=O)NCc2cn[nH]c2N)c1. The highest BCUT2D eigenvalue weighted by atomic mass is 16.1. The topological polar surface area (TPSA) is 83.8 Å². The molecule has 0 aliphatic carbocycles. The van der Waals surface area contributed by atoms with Crippen LogP contribution in [0.4, 0.5) is 5.82 Å². The van der Waals surface area contributed by atoms with E-state index in [0.717, 1.165) is 16.7 Å². The van der Waals surface area contributed by atoms with Gasteiger partial charge in [0.15, 0.2) is 0 Å². The summed E-state index contributed by atoms with van der Waals surface area (Å²) >= 11 is 0. The van der Waals surface area contributed by atoms with Crippen LogP contribution >= 0.6 is 0 Å². The predicted molar refractivity (Wildman–Crippen MR) is 70.1 cm³/mol. The van der Waals surface area contributed by atoms with Crippen LogP contribution < -0.4 is 11.1 Å². The minimum Gasteiger partial charge on any atom is -0.384 e. The van der Waals surface area contributed by atoms with Gasteiger partial charge in [-0.15, -0.1) is 0 Å². The van der Waals surface area contributed by atoms with Gasteiger partial charge in [-0.1, -0.05) is 17.2 Å². The largest absolute Gasteiger partial charge is 0.384 e. The molecule has 1 aromatic heterocycles. The second kappa shape index (κ2) is 4.91. The number of aryl methyl sites for hydroxylation is 2. The van der Waals surface area contributed by atoms with Crippen molar-refractivity contribution in [1.82, 2.24) is 15.5 Å². The van der Waals surface area contributed by atoms with Gasteiger partial charge in [0.05, 0.1) is 6.20 Å². The molecule has 18 heavy (non-hydrogen) atoms. The molecule has 1 amide bonds. The molecule has 0 aliphatic heterocycles. The number of H-pyrrole nitrogens is 1. The van der Waals surface area contributed by atoms with E-state index in [1.807, 2.05) is 32.0 Å². The van der Waals surface area contributed by atoms with Crippen molar-refractivity contribution in [1.29, 1.82) is 0 Å². The summed E-state index contributed by atoms with van der Waals surface area (Å²) in [5.41, 5.74) is 9.24. The average molecular weight is 244 g/mol. The third kappa shape index (κ3) is 2.68. The summed E-state index contributed by atoms with van der Waals surface area (Å²) in [5.74, 6) is 0.373. The Bertz CT molecular complexity index is 554. The van der Waals surface area contributed by atoms with Crippen molar-refractivity contribution in [2.75, 3.05) is 5.73 Å². The lowest BCUT2D eigenvalue weighted by Gasteiger charge is -2.06. The summed E-state index contributed by atoms with van der Waals surface area (Å²) in [6.45, 7) is 4.31. The first kappa shape index (κ1) is 12.2. The number of benzene rings is 1. The zero-order chi connectivity index (χ0) is 13.1. The van der Waals surface area contributed by atoms with Crippen molar-refractivity contribution in [3.63, 3.8) is 0 Å². The number of aromatic nitrogens is 2. The van der Waals surface area contributed by atoms with Crippen LogP contribution in [0.1, 0.15) is 27.0 Å². The van der Waals surface area contributed by atoms with Gasteiger partial charge in [0.25, 0.3) is 5.91 Å².